The molecule has 72 valence electrons. The molecule has 1 rings (SSSR count). The Morgan fingerprint density at radius 2 is 2.00 bits per heavy atom. The van der Waals surface area contributed by atoms with Gasteiger partial charge in [0.25, 0.3) is 0 Å². The van der Waals surface area contributed by atoms with E-state index in [-0.39, 0.29) is 5.25 Å². The Hall–Kier alpha value is -0.450. The fourth-order valence-electron chi connectivity index (χ4n) is 1.33. The van der Waals surface area contributed by atoms with Crippen molar-refractivity contribution >= 4 is 19.9 Å². The van der Waals surface area contributed by atoms with Crippen molar-refractivity contribution in [2.24, 2.45) is 5.14 Å². The summed E-state index contributed by atoms with van der Waals surface area (Å²) < 4.78 is 11.5. The molecule has 0 spiro atoms. The Morgan fingerprint density at radius 3 is 2.38 bits per heavy atom. The van der Waals surface area contributed by atoms with Crippen molar-refractivity contribution < 1.29 is 4.21 Å². The number of benzene rings is 1. The summed E-state index contributed by atoms with van der Waals surface area (Å²) in [5.41, 5.74) is 0.965. The zero-order valence-electron chi connectivity index (χ0n) is 7.47. The Balaban J connectivity index is 3.06. The Kier molecular flexibility index (Phi) is 3.41. The van der Waals surface area contributed by atoms with Gasteiger partial charge in [-0.25, -0.2) is 4.21 Å². The summed E-state index contributed by atoms with van der Waals surface area (Å²) >= 11 is 4.79. The first-order chi connectivity index (χ1) is 6.05. The van der Waals surface area contributed by atoms with Crippen molar-refractivity contribution in [2.75, 3.05) is 0 Å². The minimum atomic E-state index is -2.63. The van der Waals surface area contributed by atoms with Crippen LogP contribution in [-0.4, -0.2) is 4.21 Å². The first-order valence-corrected chi connectivity index (χ1v) is 6.73. The third kappa shape index (κ3) is 2.76. The molecule has 0 aliphatic rings. The van der Waals surface area contributed by atoms with Crippen LogP contribution in [0.15, 0.2) is 30.3 Å². The lowest BCUT2D eigenvalue weighted by atomic mass is 10.1. The average molecular weight is 215 g/mol. The highest BCUT2D eigenvalue weighted by Crippen LogP contribution is 2.23. The first kappa shape index (κ1) is 10.6. The van der Waals surface area contributed by atoms with Gasteiger partial charge >= 0.3 is 0 Å². The molecule has 0 aliphatic heterocycles. The summed E-state index contributed by atoms with van der Waals surface area (Å²) in [6, 6.07) is 9.54. The highest BCUT2D eigenvalue weighted by molar-refractivity contribution is 8.31. The third-order valence-electron chi connectivity index (χ3n) is 1.94. The molecule has 0 radical (unpaired) electrons. The molecule has 2 nitrogen and oxygen atoms in total. The van der Waals surface area contributed by atoms with Crippen molar-refractivity contribution in [3.05, 3.63) is 35.9 Å². The van der Waals surface area contributed by atoms with E-state index in [0.29, 0.717) is 6.42 Å². The van der Waals surface area contributed by atoms with Crippen LogP contribution in [-0.2, 0) is 19.9 Å². The molecule has 4 heteroatoms. The molecule has 2 unspecified atom stereocenters. The van der Waals surface area contributed by atoms with Crippen molar-refractivity contribution in [3.8, 4) is 0 Å². The molecule has 0 heterocycles. The minimum absolute atomic E-state index is 0.205. The number of hydrogen-bond donors (Lipinski definition) is 1. The minimum Gasteiger partial charge on any atom is -0.250 e. The lowest BCUT2D eigenvalue weighted by molar-refractivity contribution is 0.668. The topological polar surface area (TPSA) is 43.1 Å². The van der Waals surface area contributed by atoms with Crippen LogP contribution in [0.5, 0.6) is 0 Å². The van der Waals surface area contributed by atoms with Gasteiger partial charge < -0.3 is 0 Å². The maximum Gasteiger partial charge on any atom is 0.0943 e. The molecule has 0 saturated heterocycles. The van der Waals surface area contributed by atoms with Gasteiger partial charge in [0.2, 0.25) is 0 Å². The van der Waals surface area contributed by atoms with E-state index in [9.17, 15) is 4.21 Å². The van der Waals surface area contributed by atoms with Crippen molar-refractivity contribution in [1.29, 1.82) is 0 Å². The average Bonchev–Trinajstić information content (AvgIpc) is 2.05. The normalized spacial score (nSPS) is 17.7. The van der Waals surface area contributed by atoms with Gasteiger partial charge in [-0.05, 0) is 23.2 Å². The largest absolute Gasteiger partial charge is 0.250 e. The van der Waals surface area contributed by atoms with Crippen LogP contribution >= 0.6 is 0 Å². The molecule has 0 aromatic heterocycles. The molecule has 0 saturated carbocycles. The molecule has 1 aromatic rings. The zero-order chi connectivity index (χ0) is 9.90. The maximum atomic E-state index is 11.5. The van der Waals surface area contributed by atoms with E-state index in [0.717, 1.165) is 5.56 Å². The van der Waals surface area contributed by atoms with Crippen LogP contribution < -0.4 is 5.14 Å². The fraction of sp³-hybridized carbons (Fsp3) is 0.333. The highest BCUT2D eigenvalue weighted by atomic mass is 32.8. The van der Waals surface area contributed by atoms with E-state index in [1.165, 1.54) is 0 Å². The van der Waals surface area contributed by atoms with Gasteiger partial charge in [0, 0.05) is 0 Å². The highest BCUT2D eigenvalue weighted by Gasteiger charge is 2.17. The Labute approximate surface area is 84.0 Å². The third-order valence-corrected chi connectivity index (χ3v) is 4.03. The van der Waals surface area contributed by atoms with Gasteiger partial charge in [0.15, 0.2) is 0 Å². The van der Waals surface area contributed by atoms with E-state index < -0.39 is 8.68 Å². The standard InChI is InChI=1S/C9H13NOS2/c1-2-9(13(10,11)12)8-6-4-3-5-7-8/h3-7,9H,2H2,1H3,(H2,10,11,12). The number of hydrogen-bond acceptors (Lipinski definition) is 2. The van der Waals surface area contributed by atoms with Gasteiger partial charge in [-0.3, -0.25) is 5.14 Å². The van der Waals surface area contributed by atoms with Crippen LogP contribution in [0.4, 0.5) is 0 Å². The summed E-state index contributed by atoms with van der Waals surface area (Å²) in [5, 5.41) is 5.26. The van der Waals surface area contributed by atoms with Gasteiger partial charge in [-0.1, -0.05) is 37.3 Å². The van der Waals surface area contributed by atoms with Crippen LogP contribution in [0, 0.1) is 0 Å². The predicted molar refractivity (Wildman–Crippen MR) is 59.2 cm³/mol. The van der Waals surface area contributed by atoms with Gasteiger partial charge in [-0.2, -0.15) is 0 Å². The summed E-state index contributed by atoms with van der Waals surface area (Å²) in [6.45, 7) is 1.94. The van der Waals surface area contributed by atoms with Crippen molar-refractivity contribution in [3.63, 3.8) is 0 Å². The van der Waals surface area contributed by atoms with Gasteiger partial charge in [0.1, 0.15) is 0 Å². The van der Waals surface area contributed by atoms with Gasteiger partial charge in [0.05, 0.1) is 13.9 Å². The lowest BCUT2D eigenvalue weighted by Crippen LogP contribution is -2.19. The fourth-order valence-corrected chi connectivity index (χ4v) is 3.07. The molecule has 13 heavy (non-hydrogen) atoms. The van der Waals surface area contributed by atoms with Crippen molar-refractivity contribution in [1.82, 2.24) is 0 Å². The Bertz CT molecular complexity index is 358. The molecule has 0 fully saturated rings. The molecule has 2 atom stereocenters. The Morgan fingerprint density at radius 1 is 1.46 bits per heavy atom. The summed E-state index contributed by atoms with van der Waals surface area (Å²) in [5.74, 6) is 0. The van der Waals surface area contributed by atoms with Crippen LogP contribution in [0.1, 0.15) is 24.2 Å². The summed E-state index contributed by atoms with van der Waals surface area (Å²) in [6.07, 6.45) is 0.711. The summed E-state index contributed by atoms with van der Waals surface area (Å²) in [7, 11) is -2.63. The summed E-state index contributed by atoms with van der Waals surface area (Å²) in [4.78, 5) is 0. The van der Waals surface area contributed by atoms with E-state index in [4.69, 9.17) is 16.3 Å². The molecule has 2 N–H and O–H groups in total. The lowest BCUT2D eigenvalue weighted by Gasteiger charge is -2.14. The van der Waals surface area contributed by atoms with Crippen LogP contribution in [0.3, 0.4) is 0 Å². The molecular formula is C9H13NOS2. The first-order valence-electron chi connectivity index (χ1n) is 4.12. The number of nitrogens with two attached hydrogens (primary N) is 1. The SMILES string of the molecule is CCC(c1ccccc1)S(N)(=O)=S. The second-order valence-corrected chi connectivity index (χ2v) is 6.21. The monoisotopic (exact) mass is 215 g/mol. The second kappa shape index (κ2) is 4.17. The van der Waals surface area contributed by atoms with E-state index >= 15 is 0 Å². The van der Waals surface area contributed by atoms with E-state index in [1.807, 2.05) is 37.3 Å². The molecular weight excluding hydrogens is 202 g/mol. The second-order valence-electron chi connectivity index (χ2n) is 2.90. The van der Waals surface area contributed by atoms with E-state index in [1.54, 1.807) is 0 Å². The number of rotatable bonds is 3. The quantitative estimate of drug-likeness (QED) is 0.835. The van der Waals surface area contributed by atoms with Crippen molar-refractivity contribution in [2.45, 2.75) is 18.6 Å². The van der Waals surface area contributed by atoms with Crippen LogP contribution in [0.25, 0.3) is 0 Å². The molecule has 0 amide bonds. The van der Waals surface area contributed by atoms with Gasteiger partial charge in [-0.15, -0.1) is 0 Å². The smallest absolute Gasteiger partial charge is 0.0943 e. The molecule has 0 bridgehead atoms. The zero-order valence-corrected chi connectivity index (χ0v) is 9.11. The maximum absolute atomic E-state index is 11.5. The van der Waals surface area contributed by atoms with E-state index in [2.05, 4.69) is 0 Å². The predicted octanol–water partition coefficient (Wildman–Crippen LogP) is 1.76. The molecule has 0 aliphatic carbocycles. The molecule has 1 aromatic carbocycles. The van der Waals surface area contributed by atoms with Crippen LogP contribution in [0.2, 0.25) is 0 Å².